The SMILES string of the molecule is c1cc2c3ccc4[nH]c5ccc6sc7ccc8c(c1)c2n1c3c4c5c6c7c81. The van der Waals surface area contributed by atoms with Gasteiger partial charge in [-0.15, -0.1) is 11.3 Å². The highest BCUT2D eigenvalue weighted by molar-refractivity contribution is 7.26. The van der Waals surface area contributed by atoms with Crippen molar-refractivity contribution in [3.05, 3.63) is 54.6 Å². The summed E-state index contributed by atoms with van der Waals surface area (Å²) in [4.78, 5) is 3.69. The van der Waals surface area contributed by atoms with Gasteiger partial charge in [-0.3, -0.25) is 0 Å². The average Bonchev–Trinajstić information content (AvgIpc) is 3.39. The number of rotatable bonds is 0. The number of hydrogen-bond acceptors (Lipinski definition) is 1. The molecule has 0 radical (unpaired) electrons. The van der Waals surface area contributed by atoms with Gasteiger partial charge in [0.05, 0.1) is 16.6 Å². The first-order valence-corrected chi connectivity index (χ1v) is 10.1. The minimum atomic E-state index is 1.24. The van der Waals surface area contributed by atoms with E-state index in [4.69, 9.17) is 0 Å². The molecule has 0 aliphatic carbocycles. The summed E-state index contributed by atoms with van der Waals surface area (Å²) in [7, 11) is 0. The second kappa shape index (κ2) is 3.45. The van der Waals surface area contributed by atoms with E-state index in [0.29, 0.717) is 0 Å². The van der Waals surface area contributed by atoms with E-state index in [1.807, 2.05) is 11.3 Å². The van der Waals surface area contributed by atoms with Gasteiger partial charge < -0.3 is 9.38 Å². The lowest BCUT2D eigenvalue weighted by Gasteiger charge is -1.99. The number of para-hydroxylation sites is 1. The van der Waals surface area contributed by atoms with Gasteiger partial charge in [0.1, 0.15) is 0 Å². The Morgan fingerprint density at radius 1 is 0.556 bits per heavy atom. The van der Waals surface area contributed by atoms with Gasteiger partial charge >= 0.3 is 0 Å². The number of thiophene rings is 1. The van der Waals surface area contributed by atoms with E-state index in [9.17, 15) is 0 Å². The zero-order valence-corrected chi connectivity index (χ0v) is 14.9. The molecule has 122 valence electrons. The van der Waals surface area contributed by atoms with Gasteiger partial charge in [0.2, 0.25) is 0 Å². The zero-order chi connectivity index (χ0) is 17.0. The maximum Gasteiger partial charge on any atom is 0.0642 e. The van der Waals surface area contributed by atoms with Crippen molar-refractivity contribution in [1.82, 2.24) is 9.38 Å². The number of hydrogen-bond donors (Lipinski definition) is 1. The van der Waals surface area contributed by atoms with Crippen molar-refractivity contribution < 1.29 is 0 Å². The third kappa shape index (κ3) is 1.02. The molecule has 0 spiro atoms. The molecule has 0 atom stereocenters. The van der Waals surface area contributed by atoms with Gasteiger partial charge in [-0.1, -0.05) is 30.3 Å². The number of benzene rings is 4. The lowest BCUT2D eigenvalue weighted by Crippen LogP contribution is -1.81. The lowest BCUT2D eigenvalue weighted by molar-refractivity contribution is 1.40. The van der Waals surface area contributed by atoms with E-state index < -0.39 is 0 Å². The fourth-order valence-electron chi connectivity index (χ4n) is 5.85. The maximum atomic E-state index is 3.69. The van der Waals surface area contributed by atoms with Gasteiger partial charge in [-0.25, -0.2) is 0 Å². The van der Waals surface area contributed by atoms with Crippen molar-refractivity contribution in [3.63, 3.8) is 0 Å². The Kier molecular flexibility index (Phi) is 1.55. The highest BCUT2D eigenvalue weighted by Crippen LogP contribution is 2.51. The predicted molar refractivity (Wildman–Crippen MR) is 117 cm³/mol. The lowest BCUT2D eigenvalue weighted by atomic mass is 10.0. The largest absolute Gasteiger partial charge is 0.354 e. The molecule has 0 amide bonds. The number of nitrogens with zero attached hydrogens (tertiary/aromatic N) is 1. The van der Waals surface area contributed by atoms with Crippen molar-refractivity contribution in [2.45, 2.75) is 0 Å². The zero-order valence-electron chi connectivity index (χ0n) is 14.1. The smallest absolute Gasteiger partial charge is 0.0642 e. The van der Waals surface area contributed by atoms with Crippen LogP contribution in [0.1, 0.15) is 0 Å². The first-order chi connectivity index (χ1) is 13.4. The summed E-state index contributed by atoms with van der Waals surface area (Å²) >= 11 is 1.92. The molecule has 5 heterocycles. The Morgan fingerprint density at radius 3 is 2.07 bits per heavy atom. The molecule has 0 bridgehead atoms. The molecule has 27 heavy (non-hydrogen) atoms. The minimum absolute atomic E-state index is 1.24. The van der Waals surface area contributed by atoms with E-state index in [2.05, 4.69) is 64.0 Å². The molecule has 9 aromatic rings. The second-order valence-electron chi connectivity index (χ2n) is 7.84. The molecule has 0 saturated heterocycles. The third-order valence-corrected chi connectivity index (χ3v) is 7.88. The van der Waals surface area contributed by atoms with Crippen LogP contribution in [0.25, 0.3) is 80.1 Å². The molecular weight excluding hydrogens is 348 g/mol. The Bertz CT molecular complexity index is 1840. The molecule has 0 aliphatic heterocycles. The van der Waals surface area contributed by atoms with E-state index in [-0.39, 0.29) is 0 Å². The van der Waals surface area contributed by atoms with Gasteiger partial charge in [-0.05, 0) is 24.3 Å². The van der Waals surface area contributed by atoms with Crippen LogP contribution in [0, 0.1) is 0 Å². The third-order valence-electron chi connectivity index (χ3n) is 6.76. The van der Waals surface area contributed by atoms with Crippen LogP contribution in [0.4, 0.5) is 0 Å². The van der Waals surface area contributed by atoms with Crippen LogP contribution >= 0.6 is 11.3 Å². The molecular formula is C24H10N2S. The fraction of sp³-hybridized carbons (Fsp3) is 0. The molecule has 5 aromatic heterocycles. The van der Waals surface area contributed by atoms with Crippen LogP contribution in [0.5, 0.6) is 0 Å². The molecule has 2 nitrogen and oxygen atoms in total. The molecule has 0 aliphatic rings. The molecule has 3 heteroatoms. The first-order valence-electron chi connectivity index (χ1n) is 9.31. The standard InChI is InChI=1S/C24H10N2S/c1-2-10-12-4-6-15-19-18-14(25-15)7-9-16-20(18)21-17(27-16)8-5-13-11(3-1)22(10)26(23(12)19)24(13)21/h1-9,25H. The van der Waals surface area contributed by atoms with Crippen LogP contribution in [-0.4, -0.2) is 9.38 Å². The number of fused-ring (bicyclic) bond motifs is 2. The Labute approximate surface area is 155 Å². The topological polar surface area (TPSA) is 20.2 Å². The Hall–Kier alpha value is -3.30. The van der Waals surface area contributed by atoms with E-state index in [0.717, 1.165) is 0 Å². The minimum Gasteiger partial charge on any atom is -0.354 e. The van der Waals surface area contributed by atoms with Crippen LogP contribution in [0.2, 0.25) is 0 Å². The molecule has 0 saturated carbocycles. The van der Waals surface area contributed by atoms with E-state index in [1.165, 1.54) is 80.1 Å². The Balaban J connectivity index is 1.96. The molecule has 9 rings (SSSR count). The highest BCUT2D eigenvalue weighted by Gasteiger charge is 2.26. The second-order valence-corrected chi connectivity index (χ2v) is 8.93. The van der Waals surface area contributed by atoms with Crippen LogP contribution in [-0.2, 0) is 0 Å². The highest BCUT2D eigenvalue weighted by atomic mass is 32.1. The monoisotopic (exact) mass is 358 g/mol. The molecule has 4 aromatic carbocycles. The van der Waals surface area contributed by atoms with Gasteiger partial charge in [0, 0.05) is 63.5 Å². The van der Waals surface area contributed by atoms with Crippen molar-refractivity contribution in [2.24, 2.45) is 0 Å². The van der Waals surface area contributed by atoms with E-state index >= 15 is 0 Å². The summed E-state index contributed by atoms with van der Waals surface area (Å²) in [5.74, 6) is 0. The van der Waals surface area contributed by atoms with Gasteiger partial charge in [0.15, 0.2) is 0 Å². The van der Waals surface area contributed by atoms with Crippen molar-refractivity contribution in [1.29, 1.82) is 0 Å². The number of aromatic amines is 1. The summed E-state index contributed by atoms with van der Waals surface area (Å²) < 4.78 is 5.35. The quantitative estimate of drug-likeness (QED) is 0.297. The van der Waals surface area contributed by atoms with Gasteiger partial charge in [0.25, 0.3) is 0 Å². The molecule has 0 unspecified atom stereocenters. The Morgan fingerprint density at radius 2 is 1.19 bits per heavy atom. The number of nitrogens with one attached hydrogen (secondary N) is 1. The maximum absolute atomic E-state index is 3.69. The average molecular weight is 358 g/mol. The van der Waals surface area contributed by atoms with Gasteiger partial charge in [-0.2, -0.15) is 0 Å². The van der Waals surface area contributed by atoms with Crippen molar-refractivity contribution >= 4 is 91.4 Å². The van der Waals surface area contributed by atoms with Crippen molar-refractivity contribution in [3.8, 4) is 0 Å². The molecule has 1 N–H and O–H groups in total. The summed E-state index contributed by atoms with van der Waals surface area (Å²) in [6.07, 6.45) is 0. The summed E-state index contributed by atoms with van der Waals surface area (Å²) in [5.41, 5.74) is 6.65. The normalized spacial score (nSPS) is 13.9. The van der Waals surface area contributed by atoms with Crippen LogP contribution in [0.15, 0.2) is 54.6 Å². The summed E-state index contributed by atoms with van der Waals surface area (Å²) in [6.45, 7) is 0. The van der Waals surface area contributed by atoms with Crippen LogP contribution < -0.4 is 0 Å². The van der Waals surface area contributed by atoms with Crippen LogP contribution in [0.3, 0.4) is 0 Å². The first kappa shape index (κ1) is 12.2. The molecule has 0 fully saturated rings. The van der Waals surface area contributed by atoms with Crippen molar-refractivity contribution in [2.75, 3.05) is 0 Å². The summed E-state index contributed by atoms with van der Waals surface area (Å²) in [6, 6.07) is 20.6. The number of aromatic nitrogens is 2. The fourth-order valence-corrected chi connectivity index (χ4v) is 6.96. The van der Waals surface area contributed by atoms with E-state index in [1.54, 1.807) is 0 Å². The number of H-pyrrole nitrogens is 1. The summed E-state index contributed by atoms with van der Waals surface area (Å²) in [5, 5.41) is 11.2. The predicted octanol–water partition coefficient (Wildman–Crippen LogP) is 7.15.